The molecule has 0 fully saturated rings. The molecule has 4 aromatic rings. The van der Waals surface area contributed by atoms with E-state index in [1.165, 1.54) is 30.2 Å². The highest BCUT2D eigenvalue weighted by Gasteiger charge is 2.26. The number of benzene rings is 2. The Bertz CT molecular complexity index is 1670. The molecule has 7 nitrogen and oxygen atoms in total. The number of thioether (sulfide) groups is 1. The summed E-state index contributed by atoms with van der Waals surface area (Å²) in [6.45, 7) is 2.03. The number of thiophene rings is 1. The maximum atomic E-state index is 13.1. The summed E-state index contributed by atoms with van der Waals surface area (Å²) in [5, 5.41) is 14.3. The maximum absolute atomic E-state index is 13.1. The number of rotatable bonds is 9. The van der Waals surface area contributed by atoms with E-state index in [9.17, 15) is 14.9 Å². The van der Waals surface area contributed by atoms with Gasteiger partial charge < -0.3 is 14.8 Å². The van der Waals surface area contributed by atoms with Gasteiger partial charge in [-0.2, -0.15) is 5.26 Å². The summed E-state index contributed by atoms with van der Waals surface area (Å²) in [4.78, 5) is 31.8. The lowest BCUT2D eigenvalue weighted by molar-refractivity contribution is -0.115. The summed E-state index contributed by atoms with van der Waals surface area (Å²) < 4.78 is 10.4. The number of fused-ring (bicyclic) bond motifs is 1. The van der Waals surface area contributed by atoms with Crippen LogP contribution in [-0.2, 0) is 22.4 Å². The number of carbonyl (C=O) groups is 2. The molecule has 0 saturated carbocycles. The predicted molar refractivity (Wildman–Crippen MR) is 172 cm³/mol. The molecule has 0 bridgehead atoms. The number of methoxy groups -OCH3 is 2. The molecule has 1 aliphatic carbocycles. The van der Waals surface area contributed by atoms with Crippen molar-refractivity contribution in [1.82, 2.24) is 4.98 Å². The Morgan fingerprint density at radius 2 is 1.74 bits per heavy atom. The van der Waals surface area contributed by atoms with Crippen molar-refractivity contribution >= 4 is 40.0 Å². The van der Waals surface area contributed by atoms with Gasteiger partial charge in [0.05, 0.1) is 31.0 Å². The van der Waals surface area contributed by atoms with E-state index in [1.54, 1.807) is 7.11 Å². The fourth-order valence-corrected chi connectivity index (χ4v) is 7.42. The van der Waals surface area contributed by atoms with Gasteiger partial charge in [0.2, 0.25) is 5.91 Å². The molecule has 5 rings (SSSR count). The summed E-state index contributed by atoms with van der Waals surface area (Å²) in [7, 11) is 3.00. The predicted octanol–water partition coefficient (Wildman–Crippen LogP) is 7.84. The SMILES string of the molecule is COC(=O)c1c(NC(=O)CCSc2nc(-c3ccc(OC)cc3)cc(-c3ccc(C)cc3)c2C#N)sc2c1CCCCC2. The van der Waals surface area contributed by atoms with Gasteiger partial charge in [0.1, 0.15) is 21.8 Å². The number of hydrogen-bond acceptors (Lipinski definition) is 8. The molecule has 2 heterocycles. The number of nitrogens with zero attached hydrogens (tertiary/aromatic N) is 2. The lowest BCUT2D eigenvalue weighted by atomic mass is 9.98. The topological polar surface area (TPSA) is 101 Å². The molecule has 220 valence electrons. The minimum Gasteiger partial charge on any atom is -0.497 e. The Kier molecular flexibility index (Phi) is 9.80. The number of amides is 1. The van der Waals surface area contributed by atoms with Gasteiger partial charge in [-0.1, -0.05) is 36.2 Å². The Hall–Kier alpha value is -4.13. The van der Waals surface area contributed by atoms with Crippen LogP contribution in [-0.4, -0.2) is 36.8 Å². The molecule has 2 aromatic carbocycles. The minimum absolute atomic E-state index is 0.188. The van der Waals surface area contributed by atoms with E-state index in [1.807, 2.05) is 61.5 Å². The molecule has 2 aromatic heterocycles. The number of ether oxygens (including phenoxy) is 2. The average molecular weight is 612 g/mol. The molecule has 9 heteroatoms. The van der Waals surface area contributed by atoms with Crippen molar-refractivity contribution in [3.8, 4) is 34.2 Å². The van der Waals surface area contributed by atoms with E-state index in [0.717, 1.165) is 76.2 Å². The van der Waals surface area contributed by atoms with E-state index in [-0.39, 0.29) is 12.3 Å². The molecular weight excluding hydrogens is 579 g/mol. The second-order valence-corrected chi connectivity index (χ2v) is 12.5. The van der Waals surface area contributed by atoms with Gasteiger partial charge in [0.25, 0.3) is 0 Å². The third kappa shape index (κ3) is 6.93. The van der Waals surface area contributed by atoms with Crippen molar-refractivity contribution in [1.29, 1.82) is 5.26 Å². The Morgan fingerprint density at radius 3 is 2.44 bits per heavy atom. The van der Waals surface area contributed by atoms with Gasteiger partial charge in [-0.25, -0.2) is 9.78 Å². The number of pyridine rings is 1. The fraction of sp³-hybridized carbons (Fsp3) is 0.294. The number of aromatic nitrogens is 1. The van der Waals surface area contributed by atoms with Gasteiger partial charge in [-0.3, -0.25) is 4.79 Å². The van der Waals surface area contributed by atoms with Gasteiger partial charge in [0, 0.05) is 28.2 Å². The van der Waals surface area contributed by atoms with Crippen LogP contribution in [0.5, 0.6) is 5.75 Å². The maximum Gasteiger partial charge on any atom is 0.341 e. The van der Waals surface area contributed by atoms with Crippen LogP contribution in [0.4, 0.5) is 5.00 Å². The summed E-state index contributed by atoms with van der Waals surface area (Å²) in [5.41, 5.74) is 6.45. The van der Waals surface area contributed by atoms with E-state index in [2.05, 4.69) is 11.4 Å². The van der Waals surface area contributed by atoms with Crippen LogP contribution in [0.2, 0.25) is 0 Å². The lowest BCUT2D eigenvalue weighted by Crippen LogP contribution is -2.15. The van der Waals surface area contributed by atoms with Crippen LogP contribution in [0.25, 0.3) is 22.4 Å². The Balaban J connectivity index is 1.39. The molecule has 0 radical (unpaired) electrons. The minimum atomic E-state index is -0.411. The summed E-state index contributed by atoms with van der Waals surface area (Å²) >= 11 is 2.86. The van der Waals surface area contributed by atoms with Gasteiger partial charge >= 0.3 is 5.97 Å². The highest BCUT2D eigenvalue weighted by Crippen LogP contribution is 2.39. The number of esters is 1. The van der Waals surface area contributed by atoms with Crippen LogP contribution in [0, 0.1) is 18.3 Å². The van der Waals surface area contributed by atoms with Crippen molar-refractivity contribution in [2.45, 2.75) is 50.5 Å². The van der Waals surface area contributed by atoms with Crippen molar-refractivity contribution < 1.29 is 19.1 Å². The Morgan fingerprint density at radius 1 is 1.02 bits per heavy atom. The largest absolute Gasteiger partial charge is 0.497 e. The zero-order valence-corrected chi connectivity index (χ0v) is 26.1. The van der Waals surface area contributed by atoms with E-state index in [0.29, 0.717) is 26.9 Å². The molecule has 0 aliphatic heterocycles. The first-order valence-electron chi connectivity index (χ1n) is 14.2. The van der Waals surface area contributed by atoms with Gasteiger partial charge in [0.15, 0.2) is 0 Å². The van der Waals surface area contributed by atoms with Crippen LogP contribution >= 0.6 is 23.1 Å². The van der Waals surface area contributed by atoms with Crippen LogP contribution < -0.4 is 10.1 Å². The molecule has 0 saturated heterocycles. The number of aryl methyl sites for hydroxylation is 2. The van der Waals surface area contributed by atoms with Crippen molar-refractivity contribution in [3.63, 3.8) is 0 Å². The van der Waals surface area contributed by atoms with E-state index in [4.69, 9.17) is 14.5 Å². The molecule has 0 unspecified atom stereocenters. The molecule has 1 N–H and O–H groups in total. The number of nitriles is 1. The van der Waals surface area contributed by atoms with Crippen LogP contribution in [0.1, 0.15) is 57.6 Å². The standard InChI is InChI=1S/C34H33N3O4S2/c1-21-9-11-22(12-10-21)26-19-28(23-13-15-24(40-2)16-14-23)36-32(27(26)20-35)42-18-17-30(38)37-33-31(34(39)41-3)25-7-5-4-6-8-29(25)43-33/h9-16,19H,4-8,17-18H2,1-3H3,(H,37,38). The molecule has 1 aliphatic rings. The molecule has 0 atom stereocenters. The summed E-state index contributed by atoms with van der Waals surface area (Å²) in [6, 6.07) is 20.0. The second kappa shape index (κ2) is 13.9. The zero-order valence-electron chi connectivity index (χ0n) is 24.5. The number of hydrogen-bond donors (Lipinski definition) is 1. The first kappa shape index (κ1) is 30.3. The lowest BCUT2D eigenvalue weighted by Gasteiger charge is -2.13. The van der Waals surface area contributed by atoms with Crippen molar-refractivity contribution in [3.05, 3.63) is 81.7 Å². The van der Waals surface area contributed by atoms with E-state index >= 15 is 0 Å². The summed E-state index contributed by atoms with van der Waals surface area (Å²) in [5.74, 6) is 0.545. The molecule has 43 heavy (non-hydrogen) atoms. The van der Waals surface area contributed by atoms with Crippen LogP contribution in [0.15, 0.2) is 59.6 Å². The fourth-order valence-electron chi connectivity index (χ4n) is 5.18. The zero-order chi connectivity index (χ0) is 30.3. The molecule has 1 amide bonds. The average Bonchev–Trinajstić information content (AvgIpc) is 3.19. The number of carbonyl (C=O) groups excluding carboxylic acids is 2. The molecular formula is C34H33N3O4S2. The monoisotopic (exact) mass is 611 g/mol. The Labute approximate surface area is 260 Å². The summed E-state index contributed by atoms with van der Waals surface area (Å²) in [6.07, 6.45) is 5.14. The van der Waals surface area contributed by atoms with Crippen LogP contribution in [0.3, 0.4) is 0 Å². The number of nitrogens with one attached hydrogen (secondary N) is 1. The van der Waals surface area contributed by atoms with Gasteiger partial charge in [-0.15, -0.1) is 23.1 Å². The normalized spacial score (nSPS) is 12.5. The highest BCUT2D eigenvalue weighted by molar-refractivity contribution is 7.99. The quantitative estimate of drug-likeness (QED) is 0.117. The first-order valence-corrected chi connectivity index (χ1v) is 16.0. The van der Waals surface area contributed by atoms with Crippen molar-refractivity contribution in [2.24, 2.45) is 0 Å². The smallest absolute Gasteiger partial charge is 0.341 e. The van der Waals surface area contributed by atoms with Gasteiger partial charge in [-0.05, 0) is 74.1 Å². The highest BCUT2D eigenvalue weighted by atomic mass is 32.2. The molecule has 0 spiro atoms. The third-order valence-electron chi connectivity index (χ3n) is 7.48. The third-order valence-corrected chi connectivity index (χ3v) is 9.66. The second-order valence-electron chi connectivity index (χ2n) is 10.3. The van der Waals surface area contributed by atoms with E-state index < -0.39 is 5.97 Å². The number of anilines is 1. The first-order chi connectivity index (χ1) is 20.9. The van der Waals surface area contributed by atoms with Crippen molar-refractivity contribution in [2.75, 3.05) is 25.3 Å².